The topological polar surface area (TPSA) is 43.8 Å². The van der Waals surface area contributed by atoms with Crippen LogP contribution in [0.2, 0.25) is 0 Å². The average molecular weight is 195 g/mol. The lowest BCUT2D eigenvalue weighted by molar-refractivity contribution is 0.534. The molecule has 3 heteroatoms. The first kappa shape index (κ1) is 11.2. The Morgan fingerprint density at radius 1 is 1.50 bits per heavy atom. The second-order valence-corrected chi connectivity index (χ2v) is 3.99. The van der Waals surface area contributed by atoms with Crippen LogP contribution in [0.25, 0.3) is 0 Å². The van der Waals surface area contributed by atoms with E-state index < -0.39 is 0 Å². The van der Waals surface area contributed by atoms with Crippen molar-refractivity contribution in [1.82, 2.24) is 9.78 Å². The first-order valence-corrected chi connectivity index (χ1v) is 5.45. The minimum atomic E-state index is 0.507. The lowest BCUT2D eigenvalue weighted by Crippen LogP contribution is -2.09. The van der Waals surface area contributed by atoms with Gasteiger partial charge >= 0.3 is 0 Å². The second kappa shape index (κ2) is 5.15. The molecule has 1 aromatic rings. The summed E-state index contributed by atoms with van der Waals surface area (Å²) in [7, 11) is 0. The van der Waals surface area contributed by atoms with E-state index in [0.717, 1.165) is 6.54 Å². The molecule has 0 aromatic carbocycles. The Morgan fingerprint density at radius 3 is 2.71 bits per heavy atom. The molecule has 0 bridgehead atoms. The lowest BCUT2D eigenvalue weighted by Gasteiger charge is -2.11. The number of aromatic nitrogens is 2. The number of nitrogens with zero attached hydrogens (tertiary/aromatic N) is 2. The Bertz CT molecular complexity index is 276. The van der Waals surface area contributed by atoms with Crippen molar-refractivity contribution in [3.8, 4) is 0 Å². The van der Waals surface area contributed by atoms with Crippen LogP contribution in [0, 0.1) is 0 Å². The van der Waals surface area contributed by atoms with E-state index in [1.54, 1.807) is 0 Å². The molecule has 0 saturated heterocycles. The summed E-state index contributed by atoms with van der Waals surface area (Å²) in [5.74, 6) is 0.507. The van der Waals surface area contributed by atoms with E-state index in [9.17, 15) is 0 Å². The SMILES string of the molecule is CCCCn1ncc(CN)c1C(C)C. The van der Waals surface area contributed by atoms with Crippen LogP contribution < -0.4 is 5.73 Å². The quantitative estimate of drug-likeness (QED) is 0.783. The molecule has 1 aromatic heterocycles. The summed E-state index contributed by atoms with van der Waals surface area (Å²) >= 11 is 0. The largest absolute Gasteiger partial charge is 0.326 e. The number of aryl methyl sites for hydroxylation is 1. The highest BCUT2D eigenvalue weighted by atomic mass is 15.3. The van der Waals surface area contributed by atoms with Gasteiger partial charge < -0.3 is 5.73 Å². The average Bonchev–Trinajstić information content (AvgIpc) is 2.57. The molecule has 80 valence electrons. The van der Waals surface area contributed by atoms with Gasteiger partial charge in [0.15, 0.2) is 0 Å². The Hall–Kier alpha value is -0.830. The van der Waals surface area contributed by atoms with Crippen molar-refractivity contribution in [2.45, 2.75) is 52.6 Å². The molecular formula is C11H21N3. The molecule has 0 aliphatic carbocycles. The van der Waals surface area contributed by atoms with Crippen molar-refractivity contribution in [3.05, 3.63) is 17.5 Å². The fourth-order valence-corrected chi connectivity index (χ4v) is 1.75. The molecule has 0 fully saturated rings. The van der Waals surface area contributed by atoms with Crippen molar-refractivity contribution >= 4 is 0 Å². The molecule has 14 heavy (non-hydrogen) atoms. The molecule has 1 rings (SSSR count). The number of unbranched alkanes of at least 4 members (excludes halogenated alkanes) is 1. The van der Waals surface area contributed by atoms with Crippen molar-refractivity contribution in [2.24, 2.45) is 5.73 Å². The van der Waals surface area contributed by atoms with Gasteiger partial charge in [0.25, 0.3) is 0 Å². The number of hydrogen-bond donors (Lipinski definition) is 1. The van der Waals surface area contributed by atoms with Gasteiger partial charge in [0.05, 0.1) is 6.20 Å². The maximum atomic E-state index is 5.68. The van der Waals surface area contributed by atoms with Gasteiger partial charge in [-0.1, -0.05) is 27.2 Å². The third kappa shape index (κ3) is 2.35. The highest BCUT2D eigenvalue weighted by Gasteiger charge is 2.12. The molecule has 0 amide bonds. The summed E-state index contributed by atoms with van der Waals surface area (Å²) < 4.78 is 2.11. The summed E-state index contributed by atoms with van der Waals surface area (Å²) in [6.07, 6.45) is 4.30. The molecule has 0 saturated carbocycles. The van der Waals surface area contributed by atoms with Crippen LogP contribution in [-0.2, 0) is 13.1 Å². The zero-order chi connectivity index (χ0) is 10.6. The van der Waals surface area contributed by atoms with Crippen LogP contribution in [0.5, 0.6) is 0 Å². The van der Waals surface area contributed by atoms with E-state index in [4.69, 9.17) is 5.73 Å². The van der Waals surface area contributed by atoms with Crippen LogP contribution in [0.4, 0.5) is 0 Å². The predicted molar refractivity (Wildman–Crippen MR) is 59.1 cm³/mol. The van der Waals surface area contributed by atoms with Crippen molar-refractivity contribution in [3.63, 3.8) is 0 Å². The fourth-order valence-electron chi connectivity index (χ4n) is 1.75. The monoisotopic (exact) mass is 195 g/mol. The molecule has 0 aliphatic rings. The van der Waals surface area contributed by atoms with Gasteiger partial charge in [-0.25, -0.2) is 0 Å². The smallest absolute Gasteiger partial charge is 0.0537 e. The maximum Gasteiger partial charge on any atom is 0.0537 e. The summed E-state index contributed by atoms with van der Waals surface area (Å²) in [5, 5.41) is 4.38. The van der Waals surface area contributed by atoms with Gasteiger partial charge in [-0.15, -0.1) is 0 Å². The zero-order valence-corrected chi connectivity index (χ0v) is 9.45. The highest BCUT2D eigenvalue weighted by molar-refractivity contribution is 5.20. The van der Waals surface area contributed by atoms with Crippen LogP contribution in [0.1, 0.15) is 50.8 Å². The van der Waals surface area contributed by atoms with Crippen molar-refractivity contribution in [1.29, 1.82) is 0 Å². The Balaban J connectivity index is 2.87. The Labute approximate surface area is 86.3 Å². The summed E-state index contributed by atoms with van der Waals surface area (Å²) in [5.41, 5.74) is 8.17. The van der Waals surface area contributed by atoms with Gasteiger partial charge in [-0.3, -0.25) is 4.68 Å². The first-order valence-electron chi connectivity index (χ1n) is 5.45. The van der Waals surface area contributed by atoms with E-state index in [0.29, 0.717) is 12.5 Å². The van der Waals surface area contributed by atoms with Crippen molar-refractivity contribution in [2.75, 3.05) is 0 Å². The van der Waals surface area contributed by atoms with Crippen LogP contribution >= 0.6 is 0 Å². The molecule has 2 N–H and O–H groups in total. The van der Waals surface area contributed by atoms with Gasteiger partial charge in [0, 0.05) is 24.3 Å². The van der Waals surface area contributed by atoms with E-state index in [1.165, 1.54) is 24.1 Å². The highest BCUT2D eigenvalue weighted by Crippen LogP contribution is 2.19. The standard InChI is InChI=1S/C11H21N3/c1-4-5-6-14-11(9(2)3)10(7-12)8-13-14/h8-9H,4-7,12H2,1-3H3. The molecule has 3 nitrogen and oxygen atoms in total. The molecule has 0 aliphatic heterocycles. The Morgan fingerprint density at radius 2 is 2.21 bits per heavy atom. The first-order chi connectivity index (χ1) is 6.70. The molecule has 0 spiro atoms. The van der Waals surface area contributed by atoms with Gasteiger partial charge in [-0.2, -0.15) is 5.10 Å². The van der Waals surface area contributed by atoms with E-state index in [2.05, 4.69) is 30.6 Å². The summed E-state index contributed by atoms with van der Waals surface area (Å²) in [6, 6.07) is 0. The molecule has 0 unspecified atom stereocenters. The third-order valence-corrected chi connectivity index (χ3v) is 2.45. The zero-order valence-electron chi connectivity index (χ0n) is 9.45. The van der Waals surface area contributed by atoms with Gasteiger partial charge in [0.2, 0.25) is 0 Å². The lowest BCUT2D eigenvalue weighted by atomic mass is 10.1. The minimum Gasteiger partial charge on any atom is -0.326 e. The van der Waals surface area contributed by atoms with E-state index in [1.807, 2.05) is 6.20 Å². The normalized spacial score (nSPS) is 11.2. The van der Waals surface area contributed by atoms with Crippen molar-refractivity contribution < 1.29 is 0 Å². The summed E-state index contributed by atoms with van der Waals surface area (Å²) in [6.45, 7) is 8.20. The predicted octanol–water partition coefficient (Wildman–Crippen LogP) is 2.27. The van der Waals surface area contributed by atoms with Gasteiger partial charge in [-0.05, 0) is 12.3 Å². The van der Waals surface area contributed by atoms with Crippen LogP contribution in [0.3, 0.4) is 0 Å². The number of rotatable bonds is 5. The van der Waals surface area contributed by atoms with E-state index >= 15 is 0 Å². The number of hydrogen-bond acceptors (Lipinski definition) is 2. The fraction of sp³-hybridized carbons (Fsp3) is 0.727. The van der Waals surface area contributed by atoms with E-state index in [-0.39, 0.29) is 0 Å². The second-order valence-electron chi connectivity index (χ2n) is 3.99. The third-order valence-electron chi connectivity index (χ3n) is 2.45. The molecule has 1 heterocycles. The molecule has 0 atom stereocenters. The molecule has 0 radical (unpaired) electrons. The van der Waals surface area contributed by atoms with Crippen LogP contribution in [0.15, 0.2) is 6.20 Å². The minimum absolute atomic E-state index is 0.507. The Kier molecular flexibility index (Phi) is 4.14. The maximum absolute atomic E-state index is 5.68. The molecular weight excluding hydrogens is 174 g/mol. The van der Waals surface area contributed by atoms with Crippen LogP contribution in [-0.4, -0.2) is 9.78 Å². The number of nitrogens with two attached hydrogens (primary N) is 1. The van der Waals surface area contributed by atoms with Gasteiger partial charge in [0.1, 0.15) is 0 Å². The summed E-state index contributed by atoms with van der Waals surface area (Å²) in [4.78, 5) is 0.